The molecule has 0 bridgehead atoms. The van der Waals surface area contributed by atoms with Gasteiger partial charge in [0.1, 0.15) is 29.8 Å². The lowest BCUT2D eigenvalue weighted by Gasteiger charge is -2.20. The molecule has 5 rings (SSSR count). The number of anilines is 3. The Labute approximate surface area is 234 Å². The van der Waals surface area contributed by atoms with Crippen molar-refractivity contribution >= 4 is 57.5 Å². The molecule has 2 aliphatic rings. The summed E-state index contributed by atoms with van der Waals surface area (Å²) in [4.78, 5) is 47.6. The van der Waals surface area contributed by atoms with Crippen LogP contribution in [0.15, 0.2) is 48.8 Å². The van der Waals surface area contributed by atoms with E-state index in [-0.39, 0.29) is 5.02 Å². The van der Waals surface area contributed by atoms with Gasteiger partial charge in [0.2, 0.25) is 11.8 Å². The minimum atomic E-state index is -0.657. The van der Waals surface area contributed by atoms with E-state index in [9.17, 15) is 18.8 Å². The van der Waals surface area contributed by atoms with Gasteiger partial charge < -0.3 is 25.0 Å². The summed E-state index contributed by atoms with van der Waals surface area (Å²) >= 11 is 5.92. The minimum Gasteiger partial charge on any atom is -0.491 e. The Bertz CT molecular complexity index is 1500. The van der Waals surface area contributed by atoms with E-state index in [0.29, 0.717) is 65.8 Å². The summed E-state index contributed by atoms with van der Waals surface area (Å²) in [5.41, 5.74) is 1.43. The number of ether oxygens (including phenoxy) is 2. The van der Waals surface area contributed by atoms with Crippen LogP contribution in [0.25, 0.3) is 10.9 Å². The number of methoxy groups -OCH3 is 1. The van der Waals surface area contributed by atoms with Crippen molar-refractivity contribution in [3.63, 3.8) is 0 Å². The number of aromatic nitrogens is 2. The second-order valence-corrected chi connectivity index (χ2v) is 10.0. The van der Waals surface area contributed by atoms with E-state index >= 15 is 0 Å². The largest absolute Gasteiger partial charge is 0.491 e. The van der Waals surface area contributed by atoms with E-state index in [2.05, 4.69) is 20.6 Å². The molecule has 40 heavy (non-hydrogen) atoms. The first-order valence-corrected chi connectivity index (χ1v) is 13.2. The third kappa shape index (κ3) is 6.31. The molecule has 3 aromatic rings. The standard InChI is InChI=1S/C28H27ClFN5O5/c1-39-28(38)23-3-2-10-35(23)26(37)9-8-25(36)34-22-12-18-21(13-24(22)40-14-16-4-5-16)31-15-32-27(18)33-17-6-7-20(30)19(29)11-17/h6-9,11-13,15-16,23H,2-5,10,14H2,1H3,(H,34,36)(H,31,32,33). The molecule has 2 amide bonds. The minimum absolute atomic E-state index is 0.0414. The van der Waals surface area contributed by atoms with Gasteiger partial charge in [0, 0.05) is 35.8 Å². The Morgan fingerprint density at radius 1 is 1.15 bits per heavy atom. The van der Waals surface area contributed by atoms with Crippen molar-refractivity contribution in [2.45, 2.75) is 31.7 Å². The van der Waals surface area contributed by atoms with Gasteiger partial charge in [-0.1, -0.05) is 11.6 Å². The third-order valence-electron chi connectivity index (χ3n) is 6.73. The molecule has 1 aliphatic carbocycles. The number of halogens is 2. The Morgan fingerprint density at radius 3 is 2.73 bits per heavy atom. The number of nitrogens with zero attached hydrogens (tertiary/aromatic N) is 3. The number of carbonyl (C=O) groups excluding carboxylic acids is 3. The highest BCUT2D eigenvalue weighted by molar-refractivity contribution is 6.31. The molecular weight excluding hydrogens is 541 g/mol. The van der Waals surface area contributed by atoms with E-state index in [4.69, 9.17) is 21.1 Å². The summed E-state index contributed by atoms with van der Waals surface area (Å²) in [5, 5.41) is 6.41. The molecule has 1 aliphatic heterocycles. The maximum atomic E-state index is 13.6. The summed E-state index contributed by atoms with van der Waals surface area (Å²) in [7, 11) is 1.28. The highest BCUT2D eigenvalue weighted by Gasteiger charge is 2.33. The van der Waals surface area contributed by atoms with Crippen LogP contribution in [0.5, 0.6) is 5.75 Å². The molecule has 0 spiro atoms. The van der Waals surface area contributed by atoms with E-state index in [1.54, 1.807) is 12.1 Å². The fourth-order valence-electron chi connectivity index (χ4n) is 4.43. The molecule has 1 unspecified atom stereocenters. The average Bonchev–Trinajstić information content (AvgIpc) is 3.65. The van der Waals surface area contributed by atoms with Gasteiger partial charge in [0.05, 0.1) is 29.9 Å². The molecule has 1 atom stereocenters. The van der Waals surface area contributed by atoms with Crippen molar-refractivity contribution in [1.82, 2.24) is 14.9 Å². The normalized spacial score (nSPS) is 16.8. The van der Waals surface area contributed by atoms with E-state index in [0.717, 1.165) is 25.0 Å². The van der Waals surface area contributed by atoms with Crippen LogP contribution >= 0.6 is 11.6 Å². The maximum Gasteiger partial charge on any atom is 0.328 e. The van der Waals surface area contributed by atoms with Crippen LogP contribution in [0.4, 0.5) is 21.6 Å². The highest BCUT2D eigenvalue weighted by Crippen LogP contribution is 2.36. The number of esters is 1. The van der Waals surface area contributed by atoms with Crippen LogP contribution in [0, 0.1) is 11.7 Å². The zero-order valence-corrected chi connectivity index (χ0v) is 22.4. The van der Waals surface area contributed by atoms with Crippen molar-refractivity contribution in [2.24, 2.45) is 5.92 Å². The molecule has 0 radical (unpaired) electrons. The lowest BCUT2D eigenvalue weighted by atomic mass is 10.1. The smallest absolute Gasteiger partial charge is 0.328 e. The number of likely N-dealkylation sites (tertiary alicyclic amines) is 1. The van der Waals surface area contributed by atoms with Gasteiger partial charge >= 0.3 is 5.97 Å². The number of nitrogens with one attached hydrogen (secondary N) is 2. The number of hydrogen-bond acceptors (Lipinski definition) is 8. The zero-order chi connectivity index (χ0) is 28.2. The van der Waals surface area contributed by atoms with Gasteiger partial charge in [-0.15, -0.1) is 0 Å². The van der Waals surface area contributed by atoms with Gasteiger partial charge in [-0.3, -0.25) is 9.59 Å². The van der Waals surface area contributed by atoms with Gasteiger partial charge in [-0.2, -0.15) is 0 Å². The predicted octanol–water partition coefficient (Wildman–Crippen LogP) is 4.61. The molecule has 2 aromatic carbocycles. The molecule has 2 fully saturated rings. The van der Waals surface area contributed by atoms with Crippen LogP contribution < -0.4 is 15.4 Å². The van der Waals surface area contributed by atoms with Crippen molar-refractivity contribution in [2.75, 3.05) is 30.9 Å². The number of carbonyl (C=O) groups is 3. The fraction of sp³-hybridized carbons (Fsp3) is 0.321. The van der Waals surface area contributed by atoms with Crippen LogP contribution in [0.2, 0.25) is 5.02 Å². The summed E-state index contributed by atoms with van der Waals surface area (Å²) in [6, 6.07) is 6.93. The number of amides is 2. The lowest BCUT2D eigenvalue weighted by Crippen LogP contribution is -2.40. The Kier molecular flexibility index (Phi) is 8.11. The zero-order valence-electron chi connectivity index (χ0n) is 21.7. The molecule has 2 N–H and O–H groups in total. The third-order valence-corrected chi connectivity index (χ3v) is 7.02. The summed E-state index contributed by atoms with van der Waals surface area (Å²) in [5.74, 6) is -0.742. The molecular formula is C28H27ClFN5O5. The Balaban J connectivity index is 1.39. The summed E-state index contributed by atoms with van der Waals surface area (Å²) in [6.07, 6.45) is 6.99. The summed E-state index contributed by atoms with van der Waals surface area (Å²) < 4.78 is 24.4. The lowest BCUT2D eigenvalue weighted by molar-refractivity contribution is -0.149. The van der Waals surface area contributed by atoms with Crippen molar-refractivity contribution in [1.29, 1.82) is 0 Å². The Hall–Kier alpha value is -4.25. The molecule has 2 heterocycles. The van der Waals surface area contributed by atoms with Gasteiger partial charge in [-0.25, -0.2) is 19.2 Å². The number of benzene rings is 2. The first-order chi connectivity index (χ1) is 19.3. The van der Waals surface area contributed by atoms with Crippen LogP contribution in [0.1, 0.15) is 25.7 Å². The SMILES string of the molecule is COC(=O)C1CCCN1C(=O)C=CC(=O)Nc1cc2c(Nc3ccc(F)c(Cl)c3)ncnc2cc1OCC1CC1. The fourth-order valence-corrected chi connectivity index (χ4v) is 4.61. The Morgan fingerprint density at radius 2 is 1.98 bits per heavy atom. The highest BCUT2D eigenvalue weighted by atomic mass is 35.5. The number of hydrogen-bond donors (Lipinski definition) is 2. The second-order valence-electron chi connectivity index (χ2n) is 9.63. The van der Waals surface area contributed by atoms with Crippen LogP contribution in [-0.2, 0) is 19.1 Å². The van der Waals surface area contributed by atoms with Crippen molar-refractivity contribution in [3.05, 3.63) is 59.7 Å². The van der Waals surface area contributed by atoms with E-state index in [1.165, 1.54) is 36.5 Å². The molecule has 1 aromatic heterocycles. The first-order valence-electron chi connectivity index (χ1n) is 12.8. The first kappa shape index (κ1) is 27.3. The van der Waals surface area contributed by atoms with Gasteiger partial charge in [-0.05, 0) is 55.9 Å². The van der Waals surface area contributed by atoms with Crippen LogP contribution in [0.3, 0.4) is 0 Å². The van der Waals surface area contributed by atoms with Crippen molar-refractivity contribution in [3.8, 4) is 5.75 Å². The number of rotatable bonds is 9. The molecule has 1 saturated heterocycles. The monoisotopic (exact) mass is 567 g/mol. The predicted molar refractivity (Wildman–Crippen MR) is 147 cm³/mol. The second kappa shape index (κ2) is 11.9. The molecule has 12 heteroatoms. The maximum absolute atomic E-state index is 13.6. The quantitative estimate of drug-likeness (QED) is 0.284. The van der Waals surface area contributed by atoms with Crippen LogP contribution in [-0.4, -0.2) is 59.0 Å². The number of fused-ring (bicyclic) bond motifs is 1. The van der Waals surface area contributed by atoms with E-state index < -0.39 is 29.6 Å². The van der Waals surface area contributed by atoms with Gasteiger partial charge in [0.15, 0.2) is 0 Å². The van der Waals surface area contributed by atoms with E-state index in [1.807, 2.05) is 0 Å². The molecule has 1 saturated carbocycles. The van der Waals surface area contributed by atoms with Crippen molar-refractivity contribution < 1.29 is 28.2 Å². The van der Waals surface area contributed by atoms with Gasteiger partial charge in [0.25, 0.3) is 0 Å². The molecule has 10 nitrogen and oxygen atoms in total. The summed E-state index contributed by atoms with van der Waals surface area (Å²) in [6.45, 7) is 0.903. The topological polar surface area (TPSA) is 123 Å². The molecule has 208 valence electrons. The average molecular weight is 568 g/mol.